The van der Waals surface area contributed by atoms with Gasteiger partial charge in [-0.1, -0.05) is 109 Å². The summed E-state index contributed by atoms with van der Waals surface area (Å²) >= 11 is 0. The fraction of sp³-hybridized carbons (Fsp3) is 0. The summed E-state index contributed by atoms with van der Waals surface area (Å²) in [7, 11) is 0. The molecule has 0 fully saturated rings. The lowest BCUT2D eigenvalue weighted by Gasteiger charge is -2.16. The van der Waals surface area contributed by atoms with Gasteiger partial charge in [0.05, 0.1) is 51.5 Å². The number of benzene rings is 8. The van der Waals surface area contributed by atoms with Crippen molar-refractivity contribution in [3.05, 3.63) is 193 Å². The molecule has 3 aromatic heterocycles. The van der Waals surface area contributed by atoms with Gasteiger partial charge in [0, 0.05) is 54.8 Å². The molecule has 0 aliphatic heterocycles. The molecule has 0 N–H and O–H groups in total. The predicted octanol–water partition coefficient (Wildman–Crippen LogP) is 13.1. The molecule has 5 nitrogen and oxygen atoms in total. The van der Waals surface area contributed by atoms with Gasteiger partial charge >= 0.3 is 0 Å². The van der Waals surface area contributed by atoms with Gasteiger partial charge in [-0.2, -0.15) is 5.26 Å². The van der Waals surface area contributed by atoms with Gasteiger partial charge < -0.3 is 13.7 Å². The van der Waals surface area contributed by atoms with Crippen molar-refractivity contribution in [2.24, 2.45) is 0 Å². The van der Waals surface area contributed by atoms with Gasteiger partial charge in [0.1, 0.15) is 0 Å². The van der Waals surface area contributed by atoms with Crippen LogP contribution in [0.4, 0.5) is 5.69 Å². The van der Waals surface area contributed by atoms with Gasteiger partial charge in [-0.3, -0.25) is 0 Å². The molecule has 11 rings (SSSR count). The minimum absolute atomic E-state index is 0.573. The Bertz CT molecular complexity index is 3420. The molecule has 0 aliphatic rings. The second kappa shape index (κ2) is 11.8. The zero-order chi connectivity index (χ0) is 36.6. The Morgan fingerprint density at radius 2 is 0.909 bits per heavy atom. The Kier molecular flexibility index (Phi) is 6.61. The Morgan fingerprint density at radius 1 is 0.418 bits per heavy atom. The first-order valence-corrected chi connectivity index (χ1v) is 18.3. The number of nitrogens with zero attached hydrogens (tertiary/aromatic N) is 5. The van der Waals surface area contributed by atoms with Crippen LogP contribution in [-0.4, -0.2) is 13.7 Å². The third-order valence-electron chi connectivity index (χ3n) is 11.0. The fourth-order valence-corrected chi connectivity index (χ4v) is 8.74. The van der Waals surface area contributed by atoms with E-state index in [0.717, 1.165) is 82.8 Å². The maximum Gasteiger partial charge on any atom is 0.189 e. The molecule has 11 aromatic rings. The molecule has 3 heterocycles. The minimum atomic E-state index is 0.573. The van der Waals surface area contributed by atoms with E-state index in [9.17, 15) is 5.26 Å². The van der Waals surface area contributed by atoms with Crippen LogP contribution >= 0.6 is 0 Å². The standard InChI is InChI=1S/C50H29N5/c1-52-34-22-24-42-41-16-6-11-21-48(41)55(49(42)29-34)44-17-7-2-12-37(44)33-26-32(31-51)27-36(28-33)54-47-20-10-5-15-40(47)43-25-23-35(30-50(43)54)53-45-18-8-3-13-38(45)39-14-4-9-19-46(39)53/h2-30H. The number of hydrogen-bond donors (Lipinski definition) is 0. The monoisotopic (exact) mass is 699 g/mol. The van der Waals surface area contributed by atoms with Crippen molar-refractivity contribution < 1.29 is 0 Å². The molecule has 0 saturated carbocycles. The van der Waals surface area contributed by atoms with Gasteiger partial charge in [-0.15, -0.1) is 0 Å². The Hall–Kier alpha value is -7.86. The highest BCUT2D eigenvalue weighted by Crippen LogP contribution is 2.40. The summed E-state index contributed by atoms with van der Waals surface area (Å²) in [4.78, 5) is 3.77. The van der Waals surface area contributed by atoms with Crippen LogP contribution < -0.4 is 0 Å². The topological polar surface area (TPSA) is 42.9 Å². The van der Waals surface area contributed by atoms with Crippen molar-refractivity contribution in [2.45, 2.75) is 0 Å². The number of rotatable bonds is 4. The Labute approximate surface area is 316 Å². The highest BCUT2D eigenvalue weighted by atomic mass is 15.0. The van der Waals surface area contributed by atoms with E-state index in [4.69, 9.17) is 6.57 Å². The maximum atomic E-state index is 10.5. The zero-order valence-corrected chi connectivity index (χ0v) is 29.5. The first-order valence-electron chi connectivity index (χ1n) is 18.3. The van der Waals surface area contributed by atoms with Gasteiger partial charge in [0.25, 0.3) is 0 Å². The molecule has 0 radical (unpaired) electrons. The SMILES string of the molecule is [C-]#[N+]c1ccc2c3ccccc3n(-c3ccccc3-c3cc(C#N)cc(-n4c5ccccc5c5ccc(-n6c7ccccc7c7ccccc76)cc54)c3)c2c1. The molecule has 0 atom stereocenters. The van der Waals surface area contributed by atoms with Crippen LogP contribution in [0, 0.1) is 17.9 Å². The molecule has 0 aliphatic carbocycles. The number of aromatic nitrogens is 3. The van der Waals surface area contributed by atoms with E-state index in [-0.39, 0.29) is 0 Å². The van der Waals surface area contributed by atoms with E-state index < -0.39 is 0 Å². The van der Waals surface area contributed by atoms with Crippen LogP contribution in [0.25, 0.3) is 98.5 Å². The summed E-state index contributed by atoms with van der Waals surface area (Å²) in [6, 6.07) is 63.7. The highest BCUT2D eigenvalue weighted by molar-refractivity contribution is 6.13. The molecule has 0 saturated heterocycles. The first kappa shape index (κ1) is 30.7. The summed E-state index contributed by atoms with van der Waals surface area (Å²) in [5, 5.41) is 17.5. The van der Waals surface area contributed by atoms with Crippen LogP contribution in [-0.2, 0) is 0 Å². The maximum absolute atomic E-state index is 10.5. The Balaban J connectivity index is 1.17. The third-order valence-corrected chi connectivity index (χ3v) is 11.0. The number of para-hydroxylation sites is 5. The van der Waals surface area contributed by atoms with Crippen LogP contribution in [0.3, 0.4) is 0 Å². The van der Waals surface area contributed by atoms with Crippen LogP contribution in [0.5, 0.6) is 0 Å². The second-order valence-corrected chi connectivity index (χ2v) is 14.0. The van der Waals surface area contributed by atoms with E-state index in [1.54, 1.807) is 0 Å². The van der Waals surface area contributed by atoms with Crippen molar-refractivity contribution in [1.82, 2.24) is 13.7 Å². The minimum Gasteiger partial charge on any atom is -0.310 e. The van der Waals surface area contributed by atoms with Gasteiger partial charge in [-0.25, -0.2) is 4.85 Å². The van der Waals surface area contributed by atoms with Crippen LogP contribution in [0.2, 0.25) is 0 Å². The van der Waals surface area contributed by atoms with E-state index in [1.165, 1.54) is 10.8 Å². The Morgan fingerprint density at radius 3 is 1.51 bits per heavy atom. The smallest absolute Gasteiger partial charge is 0.189 e. The van der Waals surface area contributed by atoms with E-state index in [2.05, 4.69) is 176 Å². The van der Waals surface area contributed by atoms with Gasteiger partial charge in [0.15, 0.2) is 5.69 Å². The number of nitriles is 1. The predicted molar refractivity (Wildman–Crippen MR) is 226 cm³/mol. The lowest BCUT2D eigenvalue weighted by atomic mass is 10.00. The summed E-state index contributed by atoms with van der Waals surface area (Å²) in [5.41, 5.74) is 12.5. The molecule has 0 unspecified atom stereocenters. The molecule has 8 aromatic carbocycles. The largest absolute Gasteiger partial charge is 0.310 e. The third kappa shape index (κ3) is 4.51. The molecule has 55 heavy (non-hydrogen) atoms. The highest BCUT2D eigenvalue weighted by Gasteiger charge is 2.20. The fourth-order valence-electron chi connectivity index (χ4n) is 8.74. The normalized spacial score (nSPS) is 11.6. The summed E-state index contributed by atoms with van der Waals surface area (Å²) in [6.45, 7) is 7.76. The lowest BCUT2D eigenvalue weighted by molar-refractivity contribution is 1.15. The van der Waals surface area contributed by atoms with Crippen molar-refractivity contribution in [3.63, 3.8) is 0 Å². The van der Waals surface area contributed by atoms with Crippen LogP contribution in [0.1, 0.15) is 5.56 Å². The number of fused-ring (bicyclic) bond motifs is 9. The second-order valence-electron chi connectivity index (χ2n) is 14.0. The van der Waals surface area contributed by atoms with E-state index >= 15 is 0 Å². The number of hydrogen-bond acceptors (Lipinski definition) is 1. The van der Waals surface area contributed by atoms with Crippen LogP contribution in [0.15, 0.2) is 176 Å². The molecule has 5 heteroatoms. The molecular weight excluding hydrogens is 671 g/mol. The average molecular weight is 700 g/mol. The summed E-state index contributed by atoms with van der Waals surface area (Å²) in [5.74, 6) is 0. The van der Waals surface area contributed by atoms with Crippen molar-refractivity contribution >= 4 is 71.1 Å². The van der Waals surface area contributed by atoms with Gasteiger partial charge in [-0.05, 0) is 72.3 Å². The zero-order valence-electron chi connectivity index (χ0n) is 29.5. The van der Waals surface area contributed by atoms with Crippen molar-refractivity contribution in [2.75, 3.05) is 0 Å². The molecule has 0 amide bonds. The summed E-state index contributed by atoms with van der Waals surface area (Å²) in [6.07, 6.45) is 0. The lowest BCUT2D eigenvalue weighted by Crippen LogP contribution is -2.00. The van der Waals surface area contributed by atoms with Crippen molar-refractivity contribution in [3.8, 4) is 34.3 Å². The summed E-state index contributed by atoms with van der Waals surface area (Å²) < 4.78 is 6.91. The first-order chi connectivity index (χ1) is 27.2. The van der Waals surface area contributed by atoms with E-state index in [1.807, 2.05) is 24.3 Å². The van der Waals surface area contributed by atoms with Crippen molar-refractivity contribution in [1.29, 1.82) is 5.26 Å². The molecular formula is C50H29N5. The molecule has 0 spiro atoms. The van der Waals surface area contributed by atoms with Gasteiger partial charge in [0.2, 0.25) is 0 Å². The quantitative estimate of drug-likeness (QED) is 0.169. The van der Waals surface area contributed by atoms with E-state index in [0.29, 0.717) is 11.3 Å². The molecule has 254 valence electrons. The molecule has 0 bridgehead atoms. The average Bonchev–Trinajstić information content (AvgIpc) is 3.88.